The summed E-state index contributed by atoms with van der Waals surface area (Å²) in [5.41, 5.74) is 1.80. The third-order valence-corrected chi connectivity index (χ3v) is 5.03. The molecule has 28 heavy (non-hydrogen) atoms. The zero-order chi connectivity index (χ0) is 19.7. The van der Waals surface area contributed by atoms with Crippen molar-refractivity contribution in [2.75, 3.05) is 13.1 Å². The van der Waals surface area contributed by atoms with Crippen LogP contribution in [0.3, 0.4) is 0 Å². The minimum Gasteiger partial charge on any atom is -0.348 e. The van der Waals surface area contributed by atoms with E-state index in [2.05, 4.69) is 15.5 Å². The van der Waals surface area contributed by atoms with Gasteiger partial charge in [-0.1, -0.05) is 12.1 Å². The summed E-state index contributed by atoms with van der Waals surface area (Å²) in [5, 5.41) is 11.2. The van der Waals surface area contributed by atoms with Crippen LogP contribution in [0.25, 0.3) is 5.65 Å². The Hall–Kier alpha value is -3.29. The van der Waals surface area contributed by atoms with Crippen LogP contribution in [0.2, 0.25) is 0 Å². The van der Waals surface area contributed by atoms with Gasteiger partial charge in [0.1, 0.15) is 11.6 Å². The van der Waals surface area contributed by atoms with Gasteiger partial charge in [0.25, 0.3) is 5.91 Å². The molecule has 0 bridgehead atoms. The molecule has 3 heterocycles. The van der Waals surface area contributed by atoms with Crippen LogP contribution < -0.4 is 5.32 Å². The number of rotatable bonds is 4. The molecule has 0 radical (unpaired) electrons. The molecule has 0 saturated carbocycles. The second kappa shape index (κ2) is 7.38. The second-order valence-electron chi connectivity index (χ2n) is 6.97. The Labute approximate surface area is 161 Å². The smallest absolute Gasteiger partial charge is 0.253 e. The largest absolute Gasteiger partial charge is 0.348 e. The Morgan fingerprint density at radius 2 is 2.11 bits per heavy atom. The lowest BCUT2D eigenvalue weighted by atomic mass is 10.1. The lowest BCUT2D eigenvalue weighted by Gasteiger charge is -2.13. The van der Waals surface area contributed by atoms with E-state index in [9.17, 15) is 14.0 Å². The van der Waals surface area contributed by atoms with Crippen molar-refractivity contribution in [3.63, 3.8) is 0 Å². The van der Waals surface area contributed by atoms with Gasteiger partial charge in [0.15, 0.2) is 5.65 Å². The van der Waals surface area contributed by atoms with Crippen LogP contribution in [0.15, 0.2) is 42.6 Å². The number of carbonyl (C=O) groups excluding carboxylic acids is 2. The molecule has 7 nitrogen and oxygen atoms in total. The molecule has 2 amide bonds. The fraction of sp³-hybridized carbons (Fsp3) is 0.300. The van der Waals surface area contributed by atoms with E-state index in [4.69, 9.17) is 0 Å². The number of nitrogens with zero attached hydrogens (tertiary/aromatic N) is 4. The summed E-state index contributed by atoms with van der Waals surface area (Å²) in [6.07, 6.45) is 2.53. The number of hydrogen-bond acceptors (Lipinski definition) is 4. The van der Waals surface area contributed by atoms with Gasteiger partial charge < -0.3 is 10.2 Å². The van der Waals surface area contributed by atoms with E-state index >= 15 is 0 Å². The lowest BCUT2D eigenvalue weighted by molar-refractivity contribution is -0.127. The molecule has 1 fully saturated rings. The fourth-order valence-electron chi connectivity index (χ4n) is 3.51. The van der Waals surface area contributed by atoms with Crippen LogP contribution >= 0.6 is 0 Å². The van der Waals surface area contributed by atoms with E-state index in [1.807, 2.05) is 4.40 Å². The summed E-state index contributed by atoms with van der Waals surface area (Å²) in [6.45, 7) is 3.10. The van der Waals surface area contributed by atoms with E-state index in [0.717, 1.165) is 12.2 Å². The maximum Gasteiger partial charge on any atom is 0.253 e. The molecule has 1 aliphatic rings. The number of halogens is 1. The number of nitrogens with one attached hydrogen (secondary N) is 1. The van der Waals surface area contributed by atoms with Crippen molar-refractivity contribution in [3.8, 4) is 0 Å². The molecule has 1 saturated heterocycles. The van der Waals surface area contributed by atoms with Crippen molar-refractivity contribution in [3.05, 3.63) is 65.4 Å². The van der Waals surface area contributed by atoms with Crippen molar-refractivity contribution in [1.82, 2.24) is 24.8 Å². The van der Waals surface area contributed by atoms with Crippen molar-refractivity contribution >= 4 is 17.5 Å². The maximum absolute atomic E-state index is 13.3. The van der Waals surface area contributed by atoms with E-state index in [0.29, 0.717) is 29.9 Å². The number of likely N-dealkylation sites (tertiary alicyclic amines) is 1. The van der Waals surface area contributed by atoms with Crippen LogP contribution in [0, 0.1) is 5.82 Å². The van der Waals surface area contributed by atoms with Crippen LogP contribution in [0.5, 0.6) is 0 Å². The van der Waals surface area contributed by atoms with Gasteiger partial charge in [-0.05, 0) is 36.2 Å². The molecule has 0 unspecified atom stereocenters. The normalized spacial score (nSPS) is 16.5. The molecule has 1 aromatic carbocycles. The van der Waals surface area contributed by atoms with Gasteiger partial charge >= 0.3 is 0 Å². The Bertz CT molecular complexity index is 1050. The zero-order valence-corrected chi connectivity index (χ0v) is 15.4. The van der Waals surface area contributed by atoms with Crippen molar-refractivity contribution in [2.45, 2.75) is 25.8 Å². The average Bonchev–Trinajstić information content (AvgIpc) is 3.32. The SMILES string of the molecule is CC(=O)N1CC[C@H](c2nnc3ccc(C(=O)NCc4cccc(F)c4)cn23)C1. The molecule has 1 aliphatic heterocycles. The van der Waals surface area contributed by atoms with Gasteiger partial charge in [-0.2, -0.15) is 0 Å². The third kappa shape index (κ3) is 3.58. The number of fused-ring (bicyclic) bond motifs is 1. The highest BCUT2D eigenvalue weighted by molar-refractivity contribution is 5.94. The number of pyridine rings is 1. The molecule has 0 spiro atoms. The van der Waals surface area contributed by atoms with E-state index < -0.39 is 0 Å². The molecule has 1 atom stereocenters. The summed E-state index contributed by atoms with van der Waals surface area (Å²) >= 11 is 0. The minimum absolute atomic E-state index is 0.0498. The highest BCUT2D eigenvalue weighted by Crippen LogP contribution is 2.26. The number of aromatic nitrogens is 3. The van der Waals surface area contributed by atoms with Gasteiger partial charge in [0, 0.05) is 38.7 Å². The fourth-order valence-corrected chi connectivity index (χ4v) is 3.51. The van der Waals surface area contributed by atoms with Crippen molar-refractivity contribution in [1.29, 1.82) is 0 Å². The highest BCUT2D eigenvalue weighted by atomic mass is 19.1. The van der Waals surface area contributed by atoms with Crippen molar-refractivity contribution < 1.29 is 14.0 Å². The summed E-state index contributed by atoms with van der Waals surface area (Å²) in [4.78, 5) is 25.9. The third-order valence-electron chi connectivity index (χ3n) is 5.03. The molecular weight excluding hydrogens is 361 g/mol. The second-order valence-corrected chi connectivity index (χ2v) is 6.97. The van der Waals surface area contributed by atoms with Gasteiger partial charge in [-0.3, -0.25) is 14.0 Å². The predicted molar refractivity (Wildman–Crippen MR) is 100 cm³/mol. The molecule has 3 aromatic rings. The topological polar surface area (TPSA) is 79.6 Å². The molecular formula is C20H20FN5O2. The Kier molecular flexibility index (Phi) is 4.77. The van der Waals surface area contributed by atoms with Crippen LogP contribution in [0.4, 0.5) is 4.39 Å². The van der Waals surface area contributed by atoms with E-state index in [1.54, 1.807) is 42.3 Å². The molecule has 4 rings (SSSR count). The number of benzene rings is 1. The minimum atomic E-state index is -0.335. The van der Waals surface area contributed by atoms with Crippen LogP contribution in [-0.2, 0) is 11.3 Å². The lowest BCUT2D eigenvalue weighted by Crippen LogP contribution is -2.25. The number of carbonyl (C=O) groups is 2. The Morgan fingerprint density at radius 1 is 1.25 bits per heavy atom. The molecule has 1 N–H and O–H groups in total. The molecule has 2 aromatic heterocycles. The number of hydrogen-bond donors (Lipinski definition) is 1. The predicted octanol–water partition coefficient (Wildman–Crippen LogP) is 2.13. The molecule has 0 aliphatic carbocycles. The summed E-state index contributed by atoms with van der Waals surface area (Å²) in [5.74, 6) is 0.290. The van der Waals surface area contributed by atoms with E-state index in [1.165, 1.54) is 12.1 Å². The maximum atomic E-state index is 13.3. The summed E-state index contributed by atoms with van der Waals surface area (Å²) < 4.78 is 15.1. The first-order valence-electron chi connectivity index (χ1n) is 9.14. The zero-order valence-electron chi connectivity index (χ0n) is 15.4. The number of amides is 2. The van der Waals surface area contributed by atoms with Gasteiger partial charge in [0.05, 0.1) is 5.56 Å². The van der Waals surface area contributed by atoms with Gasteiger partial charge in [0.2, 0.25) is 5.91 Å². The quantitative estimate of drug-likeness (QED) is 0.751. The first-order valence-corrected chi connectivity index (χ1v) is 9.14. The van der Waals surface area contributed by atoms with Crippen LogP contribution in [0.1, 0.15) is 41.0 Å². The summed E-state index contributed by atoms with van der Waals surface area (Å²) in [7, 11) is 0. The molecule has 144 valence electrons. The van der Waals surface area contributed by atoms with Crippen LogP contribution in [-0.4, -0.2) is 44.4 Å². The van der Waals surface area contributed by atoms with Gasteiger partial charge in [-0.25, -0.2) is 4.39 Å². The Balaban J connectivity index is 1.52. The molecule has 8 heteroatoms. The first kappa shape index (κ1) is 18.1. The highest BCUT2D eigenvalue weighted by Gasteiger charge is 2.29. The monoisotopic (exact) mass is 381 g/mol. The summed E-state index contributed by atoms with van der Waals surface area (Å²) in [6, 6.07) is 9.55. The van der Waals surface area contributed by atoms with Gasteiger partial charge in [-0.15, -0.1) is 10.2 Å². The van der Waals surface area contributed by atoms with E-state index in [-0.39, 0.29) is 30.1 Å². The first-order chi connectivity index (χ1) is 13.5. The Morgan fingerprint density at radius 3 is 2.86 bits per heavy atom. The average molecular weight is 381 g/mol. The van der Waals surface area contributed by atoms with Crippen molar-refractivity contribution in [2.24, 2.45) is 0 Å². The standard InChI is InChI=1S/C20H20FN5O2/c1-13(27)25-8-7-15(11-25)19-24-23-18-6-5-16(12-26(18)19)20(28)22-10-14-3-2-4-17(21)9-14/h2-6,9,12,15H,7-8,10-11H2,1H3,(H,22,28)/t15-/m0/s1.